The van der Waals surface area contributed by atoms with Crippen LogP contribution in [0.4, 0.5) is 4.79 Å². The van der Waals surface area contributed by atoms with Crippen LogP contribution in [0, 0.1) is 5.92 Å². The van der Waals surface area contributed by atoms with E-state index in [1.807, 2.05) is 36.4 Å². The van der Waals surface area contributed by atoms with Crippen molar-refractivity contribution in [3.63, 3.8) is 0 Å². The number of nitrogens with one attached hydrogen (secondary N) is 3. The van der Waals surface area contributed by atoms with Gasteiger partial charge in [-0.25, -0.2) is 13.2 Å². The molecule has 0 spiro atoms. The van der Waals surface area contributed by atoms with Gasteiger partial charge in [0, 0.05) is 23.4 Å². The summed E-state index contributed by atoms with van der Waals surface area (Å²) in [5, 5.41) is 16.8. The van der Waals surface area contributed by atoms with Gasteiger partial charge < -0.3 is 34.9 Å². The quantitative estimate of drug-likeness (QED) is 0.317. The summed E-state index contributed by atoms with van der Waals surface area (Å²) in [6, 6.07) is 4.41. The lowest BCUT2D eigenvalue weighted by Gasteiger charge is -2.39. The van der Waals surface area contributed by atoms with Crippen LogP contribution in [0.15, 0.2) is 36.4 Å². The van der Waals surface area contributed by atoms with Crippen molar-refractivity contribution < 1.29 is 46.9 Å². The summed E-state index contributed by atoms with van der Waals surface area (Å²) < 4.78 is 46.0. The van der Waals surface area contributed by atoms with Gasteiger partial charge in [-0.2, -0.15) is 4.98 Å². The minimum absolute atomic E-state index is 0.0332. The third kappa shape index (κ3) is 6.89. The molecule has 1 saturated heterocycles. The second kappa shape index (κ2) is 13.5. The number of hydrogen-bond donors (Lipinski definition) is 4. The van der Waals surface area contributed by atoms with Crippen LogP contribution in [0.3, 0.4) is 0 Å². The molecule has 3 fully saturated rings. The number of carbonyl (C=O) groups excluding carboxylic acids is 3. The molecule has 16 heteroatoms. The van der Waals surface area contributed by atoms with Gasteiger partial charge in [0.1, 0.15) is 18.2 Å². The Hall–Kier alpha value is -4.44. The van der Waals surface area contributed by atoms with Crippen molar-refractivity contribution in [1.82, 2.24) is 25.2 Å². The molecular formula is C36H45N5O10S. The Morgan fingerprint density at radius 1 is 1.13 bits per heavy atom. The first-order chi connectivity index (χ1) is 24.7. The number of carboxylic acid groups (broad SMARTS) is 1. The van der Waals surface area contributed by atoms with Crippen molar-refractivity contribution in [2.45, 2.75) is 113 Å². The molecule has 52 heavy (non-hydrogen) atoms. The highest BCUT2D eigenvalue weighted by molar-refractivity contribution is 7.91. The summed E-state index contributed by atoms with van der Waals surface area (Å²) in [6.07, 6.45) is 4.83. The Bertz CT molecular complexity index is 1930. The van der Waals surface area contributed by atoms with Gasteiger partial charge in [-0.3, -0.25) is 19.1 Å². The van der Waals surface area contributed by atoms with Gasteiger partial charge in [0.2, 0.25) is 33.6 Å². The van der Waals surface area contributed by atoms with E-state index in [0.717, 1.165) is 35.6 Å². The minimum atomic E-state index is -4.21. The fourth-order valence-corrected chi connectivity index (χ4v) is 8.72. The molecular weight excluding hydrogens is 694 g/mol. The van der Waals surface area contributed by atoms with Crippen LogP contribution in [0.1, 0.15) is 71.3 Å². The van der Waals surface area contributed by atoms with E-state index >= 15 is 0 Å². The average Bonchev–Trinajstić information content (AvgIpc) is 4.00. The van der Waals surface area contributed by atoms with Gasteiger partial charge >= 0.3 is 6.09 Å². The van der Waals surface area contributed by atoms with Crippen molar-refractivity contribution in [2.75, 3.05) is 13.2 Å². The smallest absolute Gasteiger partial charge is 0.405 e. The predicted molar refractivity (Wildman–Crippen MR) is 187 cm³/mol. The fourth-order valence-electron chi connectivity index (χ4n) is 7.39. The average molecular weight is 740 g/mol. The number of fused-ring (bicyclic) bond motifs is 5. The van der Waals surface area contributed by atoms with E-state index < -0.39 is 68.5 Å². The first kappa shape index (κ1) is 35.9. The SMILES string of the molecule is C[C@@H]1CC/C=C\[C@@H]2C[C@H]2NC(=O)[C@@H]2C[C@@H](Oc3nc4c(c5ccccc35)CCCO4)CN2C(=O)[C@@H](NC(=O)O)[C@@](C)(C(=O)NS(=O)(=O)C2(C)CC2)O1. The molecule has 0 bridgehead atoms. The Morgan fingerprint density at radius 2 is 1.88 bits per heavy atom. The van der Waals surface area contributed by atoms with Gasteiger partial charge in [-0.15, -0.1) is 0 Å². The number of sulfonamides is 1. The van der Waals surface area contributed by atoms with Gasteiger partial charge in [0.05, 0.1) is 24.0 Å². The molecule has 0 unspecified atom stereocenters. The second-order valence-corrected chi connectivity index (χ2v) is 17.2. The highest BCUT2D eigenvalue weighted by atomic mass is 32.2. The highest BCUT2D eigenvalue weighted by Gasteiger charge is 2.57. The van der Waals surface area contributed by atoms with Gasteiger partial charge in [0.25, 0.3) is 5.91 Å². The van der Waals surface area contributed by atoms with Crippen molar-refractivity contribution in [3.8, 4) is 11.8 Å². The molecule has 2 aromatic rings. The molecule has 1 aromatic carbocycles. The molecule has 15 nitrogen and oxygen atoms in total. The zero-order valence-corrected chi connectivity index (χ0v) is 30.2. The molecule has 4 heterocycles. The molecule has 280 valence electrons. The summed E-state index contributed by atoms with van der Waals surface area (Å²) in [7, 11) is -4.21. The lowest BCUT2D eigenvalue weighted by molar-refractivity contribution is -0.165. The molecule has 4 N–H and O–H groups in total. The lowest BCUT2D eigenvalue weighted by Crippen LogP contribution is -2.68. The number of amides is 4. The molecule has 1 aromatic heterocycles. The number of rotatable bonds is 6. The first-order valence-electron chi connectivity index (χ1n) is 17.9. The Labute approximate surface area is 301 Å². The zero-order valence-electron chi connectivity index (χ0n) is 29.4. The van der Waals surface area contributed by atoms with Crippen molar-refractivity contribution in [1.29, 1.82) is 0 Å². The van der Waals surface area contributed by atoms with Crippen LogP contribution in [-0.2, 0) is 35.6 Å². The maximum absolute atomic E-state index is 14.7. The van der Waals surface area contributed by atoms with E-state index in [0.29, 0.717) is 38.2 Å². The molecule has 5 aliphatic rings. The van der Waals surface area contributed by atoms with Gasteiger partial charge in [0.15, 0.2) is 5.60 Å². The van der Waals surface area contributed by atoms with E-state index in [1.165, 1.54) is 18.7 Å². The molecule has 0 radical (unpaired) electrons. The lowest BCUT2D eigenvalue weighted by atomic mass is 9.92. The molecule has 3 aliphatic heterocycles. The van der Waals surface area contributed by atoms with Crippen molar-refractivity contribution in [3.05, 3.63) is 42.0 Å². The summed E-state index contributed by atoms with van der Waals surface area (Å²) >= 11 is 0. The van der Waals surface area contributed by atoms with E-state index in [1.54, 1.807) is 6.92 Å². The van der Waals surface area contributed by atoms with Crippen LogP contribution in [0.2, 0.25) is 0 Å². The van der Waals surface area contributed by atoms with Crippen molar-refractivity contribution in [2.24, 2.45) is 5.92 Å². The largest absolute Gasteiger partial charge is 0.477 e. The Kier molecular flexibility index (Phi) is 9.34. The number of pyridine rings is 1. The number of benzene rings is 1. The van der Waals surface area contributed by atoms with E-state index in [-0.39, 0.29) is 30.8 Å². The number of nitrogens with zero attached hydrogens (tertiary/aromatic N) is 2. The molecule has 7 atom stereocenters. The first-order valence-corrected chi connectivity index (χ1v) is 19.4. The number of ether oxygens (including phenoxy) is 3. The number of aryl methyl sites for hydroxylation is 1. The fraction of sp³-hybridized carbons (Fsp3) is 0.583. The second-order valence-electron chi connectivity index (χ2n) is 15.0. The van der Waals surface area contributed by atoms with Crippen LogP contribution in [0.25, 0.3) is 10.8 Å². The molecule has 4 amide bonds. The maximum atomic E-state index is 14.7. The number of carbonyl (C=O) groups is 4. The standard InChI is InChI=1S/C36H45N5O10S/c1-20-9-4-5-10-21-17-26(21)37-29(42)27-18-22(50-31-25-12-7-6-11-23(25)24-13-8-16-49-30(24)39-31)19-41(27)32(43)28(38-34(45)46)36(3,51-20)33(44)40-52(47,48)35(2)14-15-35/h5-7,10-12,20-22,26-28,38H,4,8-9,13-19H2,1-3H3,(H,37,42)(H,40,44)(H,45,46)/b10-5-/t20-,21-,22-,26-,27+,28-,36+/m1/s1. The molecule has 2 saturated carbocycles. The van der Waals surface area contributed by atoms with Crippen LogP contribution >= 0.6 is 0 Å². The van der Waals surface area contributed by atoms with Crippen LogP contribution in [-0.4, -0.2) is 101 Å². The van der Waals surface area contributed by atoms with Gasteiger partial charge in [-0.05, 0) is 83.1 Å². The van der Waals surface area contributed by atoms with Crippen LogP contribution < -0.4 is 24.8 Å². The normalized spacial score (nSPS) is 32.0. The van der Waals surface area contributed by atoms with Crippen LogP contribution in [0.5, 0.6) is 11.8 Å². The predicted octanol–water partition coefficient (Wildman–Crippen LogP) is 2.56. The van der Waals surface area contributed by atoms with Gasteiger partial charge in [-0.1, -0.05) is 30.4 Å². The summed E-state index contributed by atoms with van der Waals surface area (Å²) in [4.78, 5) is 61.0. The Morgan fingerprint density at radius 3 is 2.62 bits per heavy atom. The maximum Gasteiger partial charge on any atom is 0.405 e. The van der Waals surface area contributed by atoms with E-state index in [9.17, 15) is 32.7 Å². The number of hydrogen-bond acceptors (Lipinski definition) is 10. The monoisotopic (exact) mass is 739 g/mol. The number of aromatic nitrogens is 1. The summed E-state index contributed by atoms with van der Waals surface area (Å²) in [5.74, 6) is -1.76. The van der Waals surface area contributed by atoms with E-state index in [2.05, 4.69) is 15.4 Å². The summed E-state index contributed by atoms with van der Waals surface area (Å²) in [5.41, 5.74) is -1.38. The third-order valence-electron chi connectivity index (χ3n) is 11.0. The molecule has 2 aliphatic carbocycles. The Balaban J connectivity index is 1.25. The zero-order chi connectivity index (χ0) is 37.0. The van der Waals surface area contributed by atoms with Crippen molar-refractivity contribution >= 4 is 44.6 Å². The topological polar surface area (TPSA) is 203 Å². The number of allylic oxidation sites excluding steroid dienone is 1. The third-order valence-corrected chi connectivity index (χ3v) is 13.1. The minimum Gasteiger partial charge on any atom is -0.477 e. The van der Waals surface area contributed by atoms with E-state index in [4.69, 9.17) is 19.2 Å². The molecule has 7 rings (SSSR count). The summed E-state index contributed by atoms with van der Waals surface area (Å²) in [6.45, 7) is 4.71. The highest BCUT2D eigenvalue weighted by Crippen LogP contribution is 2.43.